The van der Waals surface area contributed by atoms with Crippen molar-refractivity contribution in [2.75, 3.05) is 0 Å². The molecule has 0 aliphatic heterocycles. The predicted molar refractivity (Wildman–Crippen MR) is 60.9 cm³/mol. The zero-order valence-electron chi connectivity index (χ0n) is 8.49. The van der Waals surface area contributed by atoms with Crippen molar-refractivity contribution >= 4 is 22.5 Å². The van der Waals surface area contributed by atoms with E-state index in [0.29, 0.717) is 0 Å². The summed E-state index contributed by atoms with van der Waals surface area (Å²) in [5.41, 5.74) is 13.6. The number of nitrogens with one attached hydrogen (secondary N) is 1. The van der Waals surface area contributed by atoms with Crippen molar-refractivity contribution in [2.24, 2.45) is 16.5 Å². The Labute approximate surface area is 87.2 Å². The topological polar surface area (TPSA) is 93.1 Å². The zero-order chi connectivity index (χ0) is 10.8. The highest BCUT2D eigenvalue weighted by atomic mass is 15.1. The van der Waals surface area contributed by atoms with E-state index < -0.39 is 0 Å². The lowest BCUT2D eigenvalue weighted by Gasteiger charge is -2.04. The molecule has 1 heterocycles. The van der Waals surface area contributed by atoms with Crippen molar-refractivity contribution < 1.29 is 0 Å². The summed E-state index contributed by atoms with van der Waals surface area (Å²) in [5.74, 6) is 0.0727. The number of rotatable bonds is 2. The van der Waals surface area contributed by atoms with E-state index in [1.807, 2.05) is 12.1 Å². The number of fused-ring (bicyclic) bond motifs is 1. The summed E-state index contributed by atoms with van der Waals surface area (Å²) in [7, 11) is 0. The molecule has 1 aromatic heterocycles. The summed E-state index contributed by atoms with van der Waals surface area (Å²) >= 11 is 0. The van der Waals surface area contributed by atoms with Gasteiger partial charge in [0.25, 0.3) is 0 Å². The smallest absolute Gasteiger partial charge is 0.191 e. The van der Waals surface area contributed by atoms with Crippen LogP contribution in [-0.2, 0) is 6.42 Å². The maximum atomic E-state index is 5.37. The number of hydrogen-bond acceptors (Lipinski definition) is 2. The van der Waals surface area contributed by atoms with E-state index in [9.17, 15) is 0 Å². The molecular formula is C10H13N5. The van der Waals surface area contributed by atoms with Crippen LogP contribution in [0.15, 0.2) is 23.3 Å². The SMILES string of the molecule is CCc1c(N=C(N)N)ccc2cn[nH]c12. The fourth-order valence-corrected chi connectivity index (χ4v) is 1.66. The molecule has 1 aromatic carbocycles. The first kappa shape index (κ1) is 9.51. The van der Waals surface area contributed by atoms with Gasteiger partial charge in [0.15, 0.2) is 5.96 Å². The highest BCUT2D eigenvalue weighted by Crippen LogP contribution is 2.26. The van der Waals surface area contributed by atoms with Crippen LogP contribution in [0.4, 0.5) is 5.69 Å². The lowest BCUT2D eigenvalue weighted by atomic mass is 10.1. The minimum absolute atomic E-state index is 0.0727. The van der Waals surface area contributed by atoms with Gasteiger partial charge in [-0.3, -0.25) is 5.10 Å². The first-order chi connectivity index (χ1) is 7.22. The summed E-state index contributed by atoms with van der Waals surface area (Å²) < 4.78 is 0. The van der Waals surface area contributed by atoms with Gasteiger partial charge in [0.05, 0.1) is 17.4 Å². The zero-order valence-corrected chi connectivity index (χ0v) is 8.49. The fourth-order valence-electron chi connectivity index (χ4n) is 1.66. The van der Waals surface area contributed by atoms with Gasteiger partial charge in [0.1, 0.15) is 0 Å². The van der Waals surface area contributed by atoms with Crippen LogP contribution in [0.25, 0.3) is 10.9 Å². The van der Waals surface area contributed by atoms with Crippen LogP contribution in [0.3, 0.4) is 0 Å². The normalized spacial score (nSPS) is 10.5. The average molecular weight is 203 g/mol. The van der Waals surface area contributed by atoms with Crippen LogP contribution in [0.1, 0.15) is 12.5 Å². The Balaban J connectivity index is 2.69. The molecule has 15 heavy (non-hydrogen) atoms. The molecule has 0 aliphatic carbocycles. The molecule has 5 nitrogen and oxygen atoms in total. The minimum atomic E-state index is 0.0727. The Morgan fingerprint density at radius 2 is 2.27 bits per heavy atom. The molecule has 0 aliphatic rings. The van der Waals surface area contributed by atoms with Crippen molar-refractivity contribution in [3.63, 3.8) is 0 Å². The van der Waals surface area contributed by atoms with E-state index in [-0.39, 0.29) is 5.96 Å². The molecule has 0 saturated carbocycles. The minimum Gasteiger partial charge on any atom is -0.370 e. The summed E-state index contributed by atoms with van der Waals surface area (Å²) in [4.78, 5) is 4.08. The number of nitrogens with two attached hydrogens (primary N) is 2. The quantitative estimate of drug-likeness (QED) is 0.502. The second kappa shape index (κ2) is 3.61. The highest BCUT2D eigenvalue weighted by molar-refractivity contribution is 5.88. The first-order valence-corrected chi connectivity index (χ1v) is 4.77. The van der Waals surface area contributed by atoms with Crippen molar-refractivity contribution in [1.82, 2.24) is 10.2 Å². The van der Waals surface area contributed by atoms with E-state index in [4.69, 9.17) is 11.5 Å². The lowest BCUT2D eigenvalue weighted by molar-refractivity contribution is 1.09. The van der Waals surface area contributed by atoms with Crippen molar-refractivity contribution in [2.45, 2.75) is 13.3 Å². The number of aryl methyl sites for hydroxylation is 1. The van der Waals surface area contributed by atoms with E-state index in [1.165, 1.54) is 0 Å². The number of aromatic nitrogens is 2. The third-order valence-corrected chi connectivity index (χ3v) is 2.30. The molecule has 0 spiro atoms. The number of benzene rings is 1. The van der Waals surface area contributed by atoms with Crippen LogP contribution in [0.5, 0.6) is 0 Å². The van der Waals surface area contributed by atoms with E-state index in [1.54, 1.807) is 6.20 Å². The predicted octanol–water partition coefficient (Wildman–Crippen LogP) is 1.03. The molecule has 5 N–H and O–H groups in total. The van der Waals surface area contributed by atoms with Gasteiger partial charge in [-0.2, -0.15) is 5.10 Å². The average Bonchev–Trinajstić information content (AvgIpc) is 2.64. The van der Waals surface area contributed by atoms with E-state index >= 15 is 0 Å². The summed E-state index contributed by atoms with van der Waals surface area (Å²) in [5, 5.41) is 8.02. The van der Waals surface area contributed by atoms with Crippen molar-refractivity contribution in [1.29, 1.82) is 0 Å². The fraction of sp³-hybridized carbons (Fsp3) is 0.200. The van der Waals surface area contributed by atoms with Crippen LogP contribution in [0.2, 0.25) is 0 Å². The van der Waals surface area contributed by atoms with Gasteiger partial charge in [0.2, 0.25) is 0 Å². The molecule has 2 aromatic rings. The number of aliphatic imine (C=N–C) groups is 1. The number of nitrogens with zero attached hydrogens (tertiary/aromatic N) is 2. The Morgan fingerprint density at radius 3 is 2.93 bits per heavy atom. The molecule has 0 fully saturated rings. The summed E-state index contributed by atoms with van der Waals surface area (Å²) in [6, 6.07) is 3.84. The Hall–Kier alpha value is -2.04. The molecule has 0 bridgehead atoms. The van der Waals surface area contributed by atoms with Gasteiger partial charge in [-0.1, -0.05) is 6.92 Å². The second-order valence-corrected chi connectivity index (χ2v) is 3.29. The maximum absolute atomic E-state index is 5.37. The maximum Gasteiger partial charge on any atom is 0.191 e. The van der Waals surface area contributed by atoms with Crippen molar-refractivity contribution in [3.8, 4) is 0 Å². The molecule has 0 unspecified atom stereocenters. The van der Waals surface area contributed by atoms with Gasteiger partial charge < -0.3 is 11.5 Å². The number of guanidine groups is 1. The highest BCUT2D eigenvalue weighted by Gasteiger charge is 2.06. The van der Waals surface area contributed by atoms with Crippen LogP contribution in [-0.4, -0.2) is 16.2 Å². The third kappa shape index (κ3) is 1.63. The number of H-pyrrole nitrogens is 1. The Kier molecular flexibility index (Phi) is 2.29. The summed E-state index contributed by atoms with van der Waals surface area (Å²) in [6.45, 7) is 2.06. The van der Waals surface area contributed by atoms with Gasteiger partial charge in [0, 0.05) is 10.9 Å². The third-order valence-electron chi connectivity index (χ3n) is 2.30. The van der Waals surface area contributed by atoms with Gasteiger partial charge >= 0.3 is 0 Å². The van der Waals surface area contributed by atoms with Crippen LogP contribution < -0.4 is 11.5 Å². The lowest BCUT2D eigenvalue weighted by Crippen LogP contribution is -2.22. The Morgan fingerprint density at radius 1 is 1.47 bits per heavy atom. The molecule has 2 rings (SSSR count). The second-order valence-electron chi connectivity index (χ2n) is 3.29. The first-order valence-electron chi connectivity index (χ1n) is 4.77. The monoisotopic (exact) mass is 203 g/mol. The molecular weight excluding hydrogens is 190 g/mol. The van der Waals surface area contributed by atoms with Gasteiger partial charge in [-0.25, -0.2) is 4.99 Å². The largest absolute Gasteiger partial charge is 0.370 e. The van der Waals surface area contributed by atoms with E-state index in [2.05, 4.69) is 22.1 Å². The number of hydrogen-bond donors (Lipinski definition) is 3. The molecule has 0 saturated heterocycles. The molecule has 78 valence electrons. The van der Waals surface area contributed by atoms with Crippen LogP contribution >= 0.6 is 0 Å². The Bertz CT molecular complexity index is 508. The summed E-state index contributed by atoms with van der Waals surface area (Å²) in [6.07, 6.45) is 2.64. The van der Waals surface area contributed by atoms with Crippen LogP contribution in [0, 0.1) is 0 Å². The molecule has 0 atom stereocenters. The van der Waals surface area contributed by atoms with Gasteiger partial charge in [-0.05, 0) is 18.6 Å². The molecule has 5 heteroatoms. The van der Waals surface area contributed by atoms with Gasteiger partial charge in [-0.15, -0.1) is 0 Å². The van der Waals surface area contributed by atoms with Crippen molar-refractivity contribution in [3.05, 3.63) is 23.9 Å². The van der Waals surface area contributed by atoms with E-state index in [0.717, 1.165) is 28.6 Å². The number of aromatic amines is 1. The molecule has 0 radical (unpaired) electrons. The standard InChI is InChI=1S/C10H13N5/c1-2-7-8(14-10(11)12)4-3-6-5-13-15-9(6)7/h3-5H,2H2,1H3,(H,13,15)(H4,11,12,14). The molecule has 0 amide bonds.